The van der Waals surface area contributed by atoms with Crippen LogP contribution in [0.15, 0.2) is 36.5 Å². The predicted molar refractivity (Wildman–Crippen MR) is 79.5 cm³/mol. The summed E-state index contributed by atoms with van der Waals surface area (Å²) in [7, 11) is 0. The lowest BCUT2D eigenvalue weighted by molar-refractivity contribution is 0.102. The fraction of sp³-hybridized carbons (Fsp3) is 0. The molecule has 0 spiro atoms. The molecule has 0 radical (unpaired) electrons. The molecule has 0 bridgehead atoms. The van der Waals surface area contributed by atoms with Gasteiger partial charge in [-0.15, -0.1) is 0 Å². The summed E-state index contributed by atoms with van der Waals surface area (Å²) < 4.78 is 12.7. The Balaban J connectivity index is 2.19. The number of amides is 1. The highest BCUT2D eigenvalue weighted by molar-refractivity contribution is 7.80. The predicted octanol–water partition coefficient (Wildman–Crippen LogP) is 2.76. The van der Waals surface area contributed by atoms with Crippen molar-refractivity contribution in [2.45, 2.75) is 0 Å². The van der Waals surface area contributed by atoms with E-state index >= 15 is 0 Å². The summed E-state index contributed by atoms with van der Waals surface area (Å²) in [6, 6.07) is 7.21. The molecular weight excluding hydrogens is 301 g/mol. The fourth-order valence-corrected chi connectivity index (χ4v) is 1.82. The van der Waals surface area contributed by atoms with Crippen LogP contribution in [-0.2, 0) is 0 Å². The average Bonchev–Trinajstić information content (AvgIpc) is 2.41. The number of aromatic nitrogens is 1. The highest BCUT2D eigenvalue weighted by Crippen LogP contribution is 2.23. The monoisotopic (exact) mass is 309 g/mol. The Morgan fingerprint density at radius 2 is 2.10 bits per heavy atom. The van der Waals surface area contributed by atoms with E-state index in [9.17, 15) is 9.18 Å². The number of halogens is 2. The molecule has 0 unspecified atom stereocenters. The molecule has 0 fully saturated rings. The first-order chi connectivity index (χ1) is 9.47. The molecule has 0 saturated heterocycles. The number of rotatable bonds is 3. The zero-order chi connectivity index (χ0) is 14.7. The molecule has 7 heteroatoms. The van der Waals surface area contributed by atoms with Gasteiger partial charge in [0, 0.05) is 5.56 Å². The highest BCUT2D eigenvalue weighted by atomic mass is 35.5. The SMILES string of the molecule is NC(=S)c1ccc(NC(=O)c2ccc(F)cn2)c(Cl)c1. The van der Waals surface area contributed by atoms with Crippen molar-refractivity contribution in [2.24, 2.45) is 5.73 Å². The first-order valence-electron chi connectivity index (χ1n) is 5.49. The van der Waals surface area contributed by atoms with Gasteiger partial charge in [-0.3, -0.25) is 4.79 Å². The number of hydrogen-bond donors (Lipinski definition) is 2. The van der Waals surface area contributed by atoms with Gasteiger partial charge in [-0.2, -0.15) is 0 Å². The van der Waals surface area contributed by atoms with Gasteiger partial charge < -0.3 is 11.1 Å². The zero-order valence-electron chi connectivity index (χ0n) is 10.1. The largest absolute Gasteiger partial charge is 0.389 e. The van der Waals surface area contributed by atoms with Gasteiger partial charge in [-0.25, -0.2) is 9.37 Å². The van der Waals surface area contributed by atoms with Crippen molar-refractivity contribution in [1.29, 1.82) is 0 Å². The van der Waals surface area contributed by atoms with Gasteiger partial charge in [0.25, 0.3) is 5.91 Å². The van der Waals surface area contributed by atoms with Gasteiger partial charge in [-0.05, 0) is 30.3 Å². The van der Waals surface area contributed by atoms with Gasteiger partial charge in [-0.1, -0.05) is 23.8 Å². The maximum absolute atomic E-state index is 12.7. The van der Waals surface area contributed by atoms with E-state index in [4.69, 9.17) is 29.6 Å². The molecule has 4 nitrogen and oxygen atoms in total. The highest BCUT2D eigenvalue weighted by Gasteiger charge is 2.10. The summed E-state index contributed by atoms with van der Waals surface area (Å²) >= 11 is 10.8. The molecule has 20 heavy (non-hydrogen) atoms. The van der Waals surface area contributed by atoms with Crippen LogP contribution in [0.4, 0.5) is 10.1 Å². The van der Waals surface area contributed by atoms with Crippen molar-refractivity contribution in [1.82, 2.24) is 4.98 Å². The van der Waals surface area contributed by atoms with Crippen LogP contribution in [0.25, 0.3) is 0 Å². The van der Waals surface area contributed by atoms with E-state index in [1.807, 2.05) is 0 Å². The third-order valence-corrected chi connectivity index (χ3v) is 3.01. The van der Waals surface area contributed by atoms with Crippen LogP contribution >= 0.6 is 23.8 Å². The van der Waals surface area contributed by atoms with Crippen molar-refractivity contribution in [3.63, 3.8) is 0 Å². The maximum Gasteiger partial charge on any atom is 0.274 e. The zero-order valence-corrected chi connectivity index (χ0v) is 11.6. The van der Waals surface area contributed by atoms with E-state index in [0.29, 0.717) is 16.3 Å². The minimum atomic E-state index is -0.514. The Kier molecular flexibility index (Phi) is 4.26. The van der Waals surface area contributed by atoms with Crippen molar-refractivity contribution < 1.29 is 9.18 Å². The molecular formula is C13H9ClFN3OS. The lowest BCUT2D eigenvalue weighted by Gasteiger charge is -2.08. The summed E-state index contributed by atoms with van der Waals surface area (Å²) in [5, 5.41) is 2.87. The molecule has 1 amide bonds. The van der Waals surface area contributed by atoms with Gasteiger partial charge in [0.2, 0.25) is 0 Å². The molecule has 2 rings (SSSR count). The fourth-order valence-electron chi connectivity index (χ4n) is 1.47. The smallest absolute Gasteiger partial charge is 0.274 e. The van der Waals surface area contributed by atoms with E-state index in [2.05, 4.69) is 10.3 Å². The lowest BCUT2D eigenvalue weighted by atomic mass is 10.2. The Bertz CT molecular complexity index is 676. The van der Waals surface area contributed by atoms with Crippen molar-refractivity contribution in [2.75, 3.05) is 5.32 Å². The maximum atomic E-state index is 12.7. The molecule has 102 valence electrons. The second-order valence-corrected chi connectivity index (χ2v) is 4.72. The first-order valence-corrected chi connectivity index (χ1v) is 6.28. The van der Waals surface area contributed by atoms with Crippen LogP contribution in [0.2, 0.25) is 5.02 Å². The third-order valence-electron chi connectivity index (χ3n) is 2.46. The number of nitrogens with zero attached hydrogens (tertiary/aromatic N) is 1. The van der Waals surface area contributed by atoms with Crippen molar-refractivity contribution in [3.8, 4) is 0 Å². The van der Waals surface area contributed by atoms with E-state index in [1.165, 1.54) is 6.07 Å². The standard InChI is InChI=1S/C13H9ClFN3OS/c14-9-5-7(12(16)20)1-3-10(9)18-13(19)11-4-2-8(15)6-17-11/h1-6H,(H2,16,20)(H,18,19). The number of hydrogen-bond acceptors (Lipinski definition) is 3. The van der Waals surface area contributed by atoms with Gasteiger partial charge >= 0.3 is 0 Å². The number of nitrogens with two attached hydrogens (primary N) is 1. The second-order valence-electron chi connectivity index (χ2n) is 3.87. The molecule has 0 saturated carbocycles. The number of nitrogens with one attached hydrogen (secondary N) is 1. The molecule has 0 aliphatic rings. The number of benzene rings is 1. The number of thiocarbonyl (C=S) groups is 1. The number of anilines is 1. The van der Waals surface area contributed by atoms with Gasteiger partial charge in [0.05, 0.1) is 16.9 Å². The Hall–Kier alpha value is -2.05. The van der Waals surface area contributed by atoms with Crippen LogP contribution in [0, 0.1) is 5.82 Å². The van der Waals surface area contributed by atoms with E-state index in [0.717, 1.165) is 12.3 Å². The van der Waals surface area contributed by atoms with Gasteiger partial charge in [0.15, 0.2) is 0 Å². The number of carbonyl (C=O) groups excluding carboxylic acids is 1. The Labute approximate surface area is 124 Å². The topological polar surface area (TPSA) is 68.0 Å². The van der Waals surface area contributed by atoms with E-state index < -0.39 is 11.7 Å². The van der Waals surface area contributed by atoms with Crippen LogP contribution in [-0.4, -0.2) is 15.9 Å². The third kappa shape index (κ3) is 3.28. The average molecular weight is 310 g/mol. The summed E-state index contributed by atoms with van der Waals surface area (Å²) in [6.45, 7) is 0. The molecule has 0 aliphatic carbocycles. The second kappa shape index (κ2) is 5.94. The van der Waals surface area contributed by atoms with E-state index in [-0.39, 0.29) is 10.7 Å². The van der Waals surface area contributed by atoms with Crippen LogP contribution in [0.3, 0.4) is 0 Å². The Morgan fingerprint density at radius 1 is 1.35 bits per heavy atom. The number of carbonyl (C=O) groups is 1. The van der Waals surface area contributed by atoms with E-state index in [1.54, 1.807) is 18.2 Å². The minimum Gasteiger partial charge on any atom is -0.389 e. The molecule has 3 N–H and O–H groups in total. The first kappa shape index (κ1) is 14.4. The Morgan fingerprint density at radius 3 is 2.65 bits per heavy atom. The molecule has 2 aromatic rings. The van der Waals surface area contributed by atoms with Crippen LogP contribution in [0.5, 0.6) is 0 Å². The van der Waals surface area contributed by atoms with Crippen molar-refractivity contribution in [3.05, 3.63) is 58.6 Å². The van der Waals surface area contributed by atoms with Crippen LogP contribution in [0.1, 0.15) is 16.1 Å². The summed E-state index contributed by atoms with van der Waals surface area (Å²) in [5.74, 6) is -1.00. The minimum absolute atomic E-state index is 0.0842. The molecule has 1 heterocycles. The molecule has 1 aromatic carbocycles. The lowest BCUT2D eigenvalue weighted by Crippen LogP contribution is -2.14. The molecule has 0 atom stereocenters. The summed E-state index contributed by atoms with van der Waals surface area (Å²) in [6.07, 6.45) is 0.965. The molecule has 0 aliphatic heterocycles. The summed E-state index contributed by atoms with van der Waals surface area (Å²) in [5.41, 5.74) is 6.55. The summed E-state index contributed by atoms with van der Waals surface area (Å²) in [4.78, 5) is 15.8. The number of pyridine rings is 1. The van der Waals surface area contributed by atoms with Crippen molar-refractivity contribution >= 4 is 40.4 Å². The molecule has 1 aromatic heterocycles. The quantitative estimate of drug-likeness (QED) is 0.856. The van der Waals surface area contributed by atoms with Crippen LogP contribution < -0.4 is 11.1 Å². The van der Waals surface area contributed by atoms with Gasteiger partial charge in [0.1, 0.15) is 16.5 Å². The normalized spacial score (nSPS) is 10.1.